The van der Waals surface area contributed by atoms with E-state index < -0.39 is 23.5 Å². The highest BCUT2D eigenvalue weighted by molar-refractivity contribution is 9.10. The molecule has 0 saturated heterocycles. The van der Waals surface area contributed by atoms with Crippen molar-refractivity contribution in [2.75, 3.05) is 0 Å². The number of hydrogen-bond donors (Lipinski definition) is 2. The molecule has 0 aliphatic heterocycles. The van der Waals surface area contributed by atoms with E-state index in [0.717, 1.165) is 6.07 Å². The van der Waals surface area contributed by atoms with Crippen LogP contribution in [0.2, 0.25) is 0 Å². The molecule has 0 aliphatic rings. The lowest BCUT2D eigenvalue weighted by Crippen LogP contribution is -2.29. The van der Waals surface area contributed by atoms with E-state index in [-0.39, 0.29) is 0 Å². The standard InChI is InChI=1S/C13H10BrF3N2/c14-12-6-8(15)1-2-11(12)13(19-18)7-3-9(16)5-10(17)4-7/h1-6,13,19H,18H2. The molecule has 100 valence electrons. The third-order valence-electron chi connectivity index (χ3n) is 2.66. The molecule has 6 heteroatoms. The smallest absolute Gasteiger partial charge is 0.126 e. The molecule has 2 aromatic rings. The lowest BCUT2D eigenvalue weighted by atomic mass is 9.99. The van der Waals surface area contributed by atoms with Gasteiger partial charge >= 0.3 is 0 Å². The van der Waals surface area contributed by atoms with Crippen LogP contribution in [0.1, 0.15) is 17.2 Å². The number of benzene rings is 2. The third kappa shape index (κ3) is 3.15. The molecule has 0 aromatic heterocycles. The van der Waals surface area contributed by atoms with Crippen LogP contribution in [0.15, 0.2) is 40.9 Å². The van der Waals surface area contributed by atoms with Crippen LogP contribution >= 0.6 is 15.9 Å². The molecule has 1 unspecified atom stereocenters. The van der Waals surface area contributed by atoms with Gasteiger partial charge in [0.05, 0.1) is 6.04 Å². The van der Waals surface area contributed by atoms with E-state index in [4.69, 9.17) is 5.84 Å². The maximum absolute atomic E-state index is 13.2. The SMILES string of the molecule is NNC(c1cc(F)cc(F)c1)c1ccc(F)cc1Br. The average molecular weight is 331 g/mol. The molecule has 0 radical (unpaired) electrons. The van der Waals surface area contributed by atoms with Crippen LogP contribution in [0.25, 0.3) is 0 Å². The highest BCUT2D eigenvalue weighted by Crippen LogP contribution is 2.29. The Balaban J connectivity index is 2.49. The van der Waals surface area contributed by atoms with Gasteiger partial charge < -0.3 is 0 Å². The molecule has 0 spiro atoms. The first kappa shape index (κ1) is 14.0. The van der Waals surface area contributed by atoms with Gasteiger partial charge in [-0.3, -0.25) is 5.84 Å². The summed E-state index contributed by atoms with van der Waals surface area (Å²) in [5.41, 5.74) is 3.35. The molecule has 0 amide bonds. The molecule has 0 aliphatic carbocycles. The molecule has 0 fully saturated rings. The van der Waals surface area contributed by atoms with E-state index in [1.165, 1.54) is 30.3 Å². The van der Waals surface area contributed by atoms with Gasteiger partial charge in [0.2, 0.25) is 0 Å². The van der Waals surface area contributed by atoms with Gasteiger partial charge in [0, 0.05) is 10.5 Å². The quantitative estimate of drug-likeness (QED) is 0.668. The van der Waals surface area contributed by atoms with E-state index in [1.807, 2.05) is 0 Å². The number of hydrogen-bond acceptors (Lipinski definition) is 2. The summed E-state index contributed by atoms with van der Waals surface area (Å²) in [5.74, 6) is 3.61. The molecule has 1 atom stereocenters. The van der Waals surface area contributed by atoms with Gasteiger partial charge in [-0.1, -0.05) is 22.0 Å². The Hall–Kier alpha value is -1.37. The number of halogens is 4. The summed E-state index contributed by atoms with van der Waals surface area (Å²) in [6.45, 7) is 0. The van der Waals surface area contributed by atoms with Gasteiger partial charge in [0.1, 0.15) is 17.5 Å². The fraction of sp³-hybridized carbons (Fsp3) is 0.0769. The van der Waals surface area contributed by atoms with Crippen LogP contribution < -0.4 is 11.3 Å². The second-order valence-corrected chi connectivity index (χ2v) is 4.82. The summed E-state index contributed by atoms with van der Waals surface area (Å²) in [7, 11) is 0. The molecular weight excluding hydrogens is 321 g/mol. The van der Waals surface area contributed by atoms with Crippen molar-refractivity contribution in [3.63, 3.8) is 0 Å². The molecule has 0 heterocycles. The Morgan fingerprint density at radius 1 is 0.947 bits per heavy atom. The van der Waals surface area contributed by atoms with Crippen LogP contribution in [0.3, 0.4) is 0 Å². The van der Waals surface area contributed by atoms with Gasteiger partial charge in [-0.15, -0.1) is 0 Å². The second kappa shape index (κ2) is 5.73. The fourth-order valence-corrected chi connectivity index (χ4v) is 2.42. The fourth-order valence-electron chi connectivity index (χ4n) is 1.84. The zero-order chi connectivity index (χ0) is 14.0. The molecule has 2 aromatic carbocycles. The maximum Gasteiger partial charge on any atom is 0.126 e. The third-order valence-corrected chi connectivity index (χ3v) is 3.35. The van der Waals surface area contributed by atoms with E-state index in [1.54, 1.807) is 0 Å². The van der Waals surface area contributed by atoms with Crippen LogP contribution in [-0.2, 0) is 0 Å². The molecule has 0 bridgehead atoms. The summed E-state index contributed by atoms with van der Waals surface area (Å²) < 4.78 is 40.0. The van der Waals surface area contributed by atoms with Gasteiger partial charge in [0.15, 0.2) is 0 Å². The number of nitrogens with two attached hydrogens (primary N) is 1. The summed E-state index contributed by atoms with van der Waals surface area (Å²) in [6, 6.07) is 6.46. The summed E-state index contributed by atoms with van der Waals surface area (Å²) >= 11 is 3.20. The molecule has 0 saturated carbocycles. The molecule has 2 nitrogen and oxygen atoms in total. The first-order chi connectivity index (χ1) is 9.01. The van der Waals surface area contributed by atoms with Crippen LogP contribution in [0.4, 0.5) is 13.2 Å². The van der Waals surface area contributed by atoms with Crippen molar-refractivity contribution in [3.8, 4) is 0 Å². The Kier molecular flexibility index (Phi) is 4.24. The normalized spacial score (nSPS) is 12.5. The van der Waals surface area contributed by atoms with E-state index in [0.29, 0.717) is 15.6 Å². The average Bonchev–Trinajstić information content (AvgIpc) is 2.31. The first-order valence-corrected chi connectivity index (χ1v) is 6.17. The summed E-state index contributed by atoms with van der Waals surface area (Å²) in [5, 5.41) is 0. The van der Waals surface area contributed by atoms with Crippen molar-refractivity contribution in [3.05, 3.63) is 69.4 Å². The molecular formula is C13H10BrF3N2. The molecule has 19 heavy (non-hydrogen) atoms. The zero-order valence-electron chi connectivity index (χ0n) is 9.63. The number of rotatable bonds is 3. The van der Waals surface area contributed by atoms with Crippen molar-refractivity contribution < 1.29 is 13.2 Å². The van der Waals surface area contributed by atoms with Crippen molar-refractivity contribution in [1.29, 1.82) is 0 Å². The maximum atomic E-state index is 13.2. The van der Waals surface area contributed by atoms with Crippen molar-refractivity contribution >= 4 is 15.9 Å². The minimum Gasteiger partial charge on any atom is -0.271 e. The van der Waals surface area contributed by atoms with Crippen molar-refractivity contribution in [2.24, 2.45) is 5.84 Å². The zero-order valence-corrected chi connectivity index (χ0v) is 11.2. The van der Waals surface area contributed by atoms with E-state index in [2.05, 4.69) is 21.4 Å². The Morgan fingerprint density at radius 3 is 2.11 bits per heavy atom. The Bertz CT molecular complexity index is 584. The highest BCUT2D eigenvalue weighted by atomic mass is 79.9. The van der Waals surface area contributed by atoms with Gasteiger partial charge in [-0.25, -0.2) is 18.6 Å². The minimum atomic E-state index is -0.700. The highest BCUT2D eigenvalue weighted by Gasteiger charge is 2.17. The Morgan fingerprint density at radius 2 is 1.58 bits per heavy atom. The van der Waals surface area contributed by atoms with Gasteiger partial charge in [-0.2, -0.15) is 0 Å². The van der Waals surface area contributed by atoms with Gasteiger partial charge in [-0.05, 0) is 35.4 Å². The van der Waals surface area contributed by atoms with E-state index >= 15 is 0 Å². The number of hydrazine groups is 1. The van der Waals surface area contributed by atoms with Crippen LogP contribution in [0, 0.1) is 17.5 Å². The summed E-state index contributed by atoms with van der Waals surface area (Å²) in [6.07, 6.45) is 0. The first-order valence-electron chi connectivity index (χ1n) is 5.38. The van der Waals surface area contributed by atoms with Crippen LogP contribution in [-0.4, -0.2) is 0 Å². The van der Waals surface area contributed by atoms with Crippen LogP contribution in [0.5, 0.6) is 0 Å². The predicted molar refractivity (Wildman–Crippen MR) is 69.6 cm³/mol. The topological polar surface area (TPSA) is 38.0 Å². The predicted octanol–water partition coefficient (Wildman–Crippen LogP) is 3.42. The molecule has 3 N–H and O–H groups in total. The lowest BCUT2D eigenvalue weighted by molar-refractivity contribution is 0.564. The van der Waals surface area contributed by atoms with Gasteiger partial charge in [0.25, 0.3) is 0 Å². The second-order valence-electron chi connectivity index (χ2n) is 3.97. The van der Waals surface area contributed by atoms with E-state index in [9.17, 15) is 13.2 Å². The number of nitrogens with one attached hydrogen (secondary N) is 1. The summed E-state index contributed by atoms with van der Waals surface area (Å²) in [4.78, 5) is 0. The molecule has 2 rings (SSSR count). The van der Waals surface area contributed by atoms with Crippen molar-refractivity contribution in [2.45, 2.75) is 6.04 Å². The lowest BCUT2D eigenvalue weighted by Gasteiger charge is -2.18. The minimum absolute atomic E-state index is 0.312. The Labute approximate surface area is 116 Å². The largest absolute Gasteiger partial charge is 0.271 e. The monoisotopic (exact) mass is 330 g/mol. The van der Waals surface area contributed by atoms with Crippen molar-refractivity contribution in [1.82, 2.24) is 5.43 Å².